The molecule has 1 aromatic carbocycles. The summed E-state index contributed by atoms with van der Waals surface area (Å²) >= 11 is 0. The van der Waals surface area contributed by atoms with E-state index in [1.54, 1.807) is 17.2 Å². The van der Waals surface area contributed by atoms with E-state index in [1.165, 1.54) is 18.3 Å². The highest BCUT2D eigenvalue weighted by molar-refractivity contribution is 6.04. The van der Waals surface area contributed by atoms with Crippen molar-refractivity contribution in [2.75, 3.05) is 41.4 Å². The summed E-state index contributed by atoms with van der Waals surface area (Å²) in [5.74, 6) is -0.0515. The smallest absolute Gasteiger partial charge is 0.416 e. The second kappa shape index (κ2) is 10.4. The van der Waals surface area contributed by atoms with Crippen LogP contribution in [0.25, 0.3) is 11.4 Å². The Bertz CT molecular complexity index is 1450. The number of amides is 2. The fraction of sp³-hybridized carbons (Fsp3) is 0.444. The Labute approximate surface area is 233 Å². The molecule has 2 aromatic heterocycles. The molecule has 216 valence electrons. The first kappa shape index (κ1) is 27.1. The number of carbonyl (C=O) groups excluding carboxylic acids is 1. The molecule has 6 rings (SSSR count). The summed E-state index contributed by atoms with van der Waals surface area (Å²) in [5.41, 5.74) is 0.403. The normalized spacial score (nSPS) is 21.4. The highest BCUT2D eigenvalue weighted by Crippen LogP contribution is 2.39. The average Bonchev–Trinajstić information content (AvgIpc) is 3.30. The molecule has 2 fully saturated rings. The molecular weight excluding hydrogens is 543 g/mol. The standard InChI is InChI=1S/C27H28F3N7O4/c1-26(2)40-15-20(41-26)14-39-22-10-18(11-32-35-22)33-25(38)37-19-7-4-8-36(13-19)21-12-31-23(34-24(21)37)16-5-3-6-17(9-16)27(28,29)30/h3,5-6,9-12,19-20H,4,7-8,13-15H2,1-2H3,(H,33,35,38). The van der Waals surface area contributed by atoms with Crippen molar-refractivity contribution >= 4 is 23.2 Å². The van der Waals surface area contributed by atoms with Gasteiger partial charge >= 0.3 is 12.2 Å². The molecular formula is C27H28F3N7O4. The lowest BCUT2D eigenvalue weighted by atomic mass is 10.0. The third-order valence-electron chi connectivity index (χ3n) is 7.12. The van der Waals surface area contributed by atoms with Crippen molar-refractivity contribution in [3.8, 4) is 17.3 Å². The van der Waals surface area contributed by atoms with Crippen LogP contribution in [-0.4, -0.2) is 70.4 Å². The van der Waals surface area contributed by atoms with Crippen molar-refractivity contribution in [1.82, 2.24) is 20.2 Å². The highest BCUT2D eigenvalue weighted by Gasteiger charge is 2.39. The lowest BCUT2D eigenvalue weighted by Gasteiger charge is -2.45. The van der Waals surface area contributed by atoms with E-state index >= 15 is 0 Å². The van der Waals surface area contributed by atoms with Crippen molar-refractivity contribution in [3.05, 3.63) is 48.3 Å². The number of carbonyl (C=O) groups is 1. The van der Waals surface area contributed by atoms with Crippen LogP contribution in [0.2, 0.25) is 0 Å². The van der Waals surface area contributed by atoms with E-state index in [4.69, 9.17) is 14.2 Å². The number of fused-ring (bicyclic) bond motifs is 4. The summed E-state index contributed by atoms with van der Waals surface area (Å²) < 4.78 is 57.0. The van der Waals surface area contributed by atoms with Crippen molar-refractivity contribution < 1.29 is 32.2 Å². The lowest BCUT2D eigenvalue weighted by molar-refractivity contribution is -0.141. The zero-order valence-corrected chi connectivity index (χ0v) is 22.4. The van der Waals surface area contributed by atoms with E-state index in [2.05, 4.69) is 30.4 Å². The van der Waals surface area contributed by atoms with Gasteiger partial charge in [0.05, 0.1) is 42.0 Å². The number of halogens is 3. The summed E-state index contributed by atoms with van der Waals surface area (Å²) in [6.45, 7) is 5.58. The number of nitrogens with one attached hydrogen (secondary N) is 1. The first-order chi connectivity index (χ1) is 19.6. The van der Waals surface area contributed by atoms with E-state index in [0.717, 1.165) is 31.5 Å². The minimum absolute atomic E-state index is 0.0939. The highest BCUT2D eigenvalue weighted by atomic mass is 19.4. The average molecular weight is 572 g/mol. The van der Waals surface area contributed by atoms with Gasteiger partial charge in [0.25, 0.3) is 0 Å². The van der Waals surface area contributed by atoms with E-state index < -0.39 is 23.6 Å². The fourth-order valence-corrected chi connectivity index (χ4v) is 5.25. The van der Waals surface area contributed by atoms with Crippen molar-refractivity contribution in [2.24, 2.45) is 0 Å². The Morgan fingerprint density at radius 3 is 2.88 bits per heavy atom. The summed E-state index contributed by atoms with van der Waals surface area (Å²) in [6.07, 6.45) is -0.203. The number of hydrogen-bond acceptors (Lipinski definition) is 9. The molecule has 0 spiro atoms. The minimum atomic E-state index is -4.51. The van der Waals surface area contributed by atoms with Crippen LogP contribution < -0.4 is 19.9 Å². The molecule has 2 atom stereocenters. The van der Waals surface area contributed by atoms with Gasteiger partial charge < -0.3 is 24.4 Å². The molecule has 3 aliphatic heterocycles. The Morgan fingerprint density at radius 1 is 1.24 bits per heavy atom. The molecule has 2 amide bonds. The van der Waals surface area contributed by atoms with Gasteiger partial charge in [-0.1, -0.05) is 12.1 Å². The van der Waals surface area contributed by atoms with Gasteiger partial charge in [-0.25, -0.2) is 14.8 Å². The maximum Gasteiger partial charge on any atom is 0.416 e. The van der Waals surface area contributed by atoms with Gasteiger partial charge in [0.2, 0.25) is 5.88 Å². The molecule has 2 saturated heterocycles. The van der Waals surface area contributed by atoms with Crippen LogP contribution in [0.15, 0.2) is 42.7 Å². The Morgan fingerprint density at radius 2 is 2.10 bits per heavy atom. The first-order valence-electron chi connectivity index (χ1n) is 13.2. The van der Waals surface area contributed by atoms with E-state index in [9.17, 15) is 18.0 Å². The molecule has 41 heavy (non-hydrogen) atoms. The number of hydrogen-bond donors (Lipinski definition) is 1. The quantitative estimate of drug-likeness (QED) is 0.473. The zero-order valence-electron chi connectivity index (χ0n) is 22.4. The maximum absolute atomic E-state index is 13.7. The summed E-state index contributed by atoms with van der Waals surface area (Å²) in [7, 11) is 0. The van der Waals surface area contributed by atoms with E-state index in [-0.39, 0.29) is 36.0 Å². The number of alkyl halides is 3. The Hall–Kier alpha value is -4.04. The summed E-state index contributed by atoms with van der Waals surface area (Å²) in [6, 6.07) is 5.73. The molecule has 14 heteroatoms. The third-order valence-corrected chi connectivity index (χ3v) is 7.12. The van der Waals surface area contributed by atoms with E-state index in [0.29, 0.717) is 30.3 Å². The zero-order chi connectivity index (χ0) is 28.8. The van der Waals surface area contributed by atoms with Crippen LogP contribution in [0.3, 0.4) is 0 Å². The number of aromatic nitrogens is 4. The van der Waals surface area contributed by atoms with Gasteiger partial charge in [-0.15, -0.1) is 5.10 Å². The van der Waals surface area contributed by atoms with Gasteiger partial charge in [-0.2, -0.15) is 18.3 Å². The SMILES string of the molecule is CC1(C)OCC(COc2cc(NC(=O)N3c4nc(-c5cccc(C(F)(F)F)c5)ncc4N4CCCC3C4)cnn2)O1. The number of anilines is 3. The molecule has 3 aliphatic rings. The molecule has 1 N–H and O–H groups in total. The van der Waals surface area contributed by atoms with Crippen LogP contribution in [-0.2, 0) is 15.7 Å². The molecule has 2 unspecified atom stereocenters. The predicted molar refractivity (Wildman–Crippen MR) is 142 cm³/mol. The molecule has 0 saturated carbocycles. The first-order valence-corrected chi connectivity index (χ1v) is 13.2. The second-order valence-electron chi connectivity index (χ2n) is 10.6. The molecule has 0 radical (unpaired) electrons. The number of benzene rings is 1. The number of urea groups is 1. The van der Waals surface area contributed by atoms with Gasteiger partial charge in [0.1, 0.15) is 12.7 Å². The van der Waals surface area contributed by atoms with Crippen LogP contribution in [0.4, 0.5) is 35.2 Å². The monoisotopic (exact) mass is 571 g/mol. The molecule has 2 bridgehead atoms. The van der Waals surface area contributed by atoms with Crippen LogP contribution in [0.5, 0.6) is 5.88 Å². The molecule has 0 aliphatic carbocycles. The maximum atomic E-state index is 13.7. The summed E-state index contributed by atoms with van der Waals surface area (Å²) in [5, 5.41) is 10.8. The van der Waals surface area contributed by atoms with Crippen molar-refractivity contribution in [1.29, 1.82) is 0 Å². The summed E-state index contributed by atoms with van der Waals surface area (Å²) in [4.78, 5) is 26.3. The van der Waals surface area contributed by atoms with Crippen LogP contribution >= 0.6 is 0 Å². The largest absolute Gasteiger partial charge is 0.474 e. The number of rotatable bonds is 5. The van der Waals surface area contributed by atoms with Gasteiger partial charge in [0, 0.05) is 24.7 Å². The molecule has 11 nitrogen and oxygen atoms in total. The number of ether oxygens (including phenoxy) is 3. The van der Waals surface area contributed by atoms with Gasteiger partial charge in [0.15, 0.2) is 17.4 Å². The predicted octanol–water partition coefficient (Wildman–Crippen LogP) is 4.50. The Balaban J connectivity index is 1.24. The fourth-order valence-electron chi connectivity index (χ4n) is 5.25. The second-order valence-corrected chi connectivity index (χ2v) is 10.6. The number of piperidine rings is 1. The van der Waals surface area contributed by atoms with Crippen molar-refractivity contribution in [3.63, 3.8) is 0 Å². The Kier molecular flexibility index (Phi) is 6.90. The van der Waals surface area contributed by atoms with Gasteiger partial charge in [-0.3, -0.25) is 4.90 Å². The van der Waals surface area contributed by atoms with Crippen molar-refractivity contribution in [2.45, 2.75) is 50.8 Å². The molecule has 5 heterocycles. The lowest BCUT2D eigenvalue weighted by Crippen LogP contribution is -2.56. The number of nitrogens with zero attached hydrogens (tertiary/aromatic N) is 6. The molecule has 3 aromatic rings. The van der Waals surface area contributed by atoms with Crippen LogP contribution in [0.1, 0.15) is 32.3 Å². The third kappa shape index (κ3) is 5.75. The minimum Gasteiger partial charge on any atom is -0.474 e. The van der Waals surface area contributed by atoms with Crippen LogP contribution in [0, 0.1) is 0 Å². The van der Waals surface area contributed by atoms with Gasteiger partial charge in [-0.05, 0) is 38.8 Å². The van der Waals surface area contributed by atoms with E-state index in [1.807, 2.05) is 13.8 Å². The topological polar surface area (TPSA) is 115 Å².